The minimum absolute atomic E-state index is 0.0200. The third kappa shape index (κ3) is 51.6. The van der Waals surface area contributed by atoms with Gasteiger partial charge in [-0.15, -0.1) is 0 Å². The first-order valence-corrected chi connectivity index (χ1v) is 29.1. The predicted octanol–water partition coefficient (Wildman–Crippen LogP) is 17.9. The van der Waals surface area contributed by atoms with Gasteiger partial charge in [-0.3, -0.25) is 9.59 Å². The van der Waals surface area contributed by atoms with Crippen molar-refractivity contribution < 1.29 is 24.5 Å². The Balaban J connectivity index is 3.51. The van der Waals surface area contributed by atoms with Crippen LogP contribution in [0.15, 0.2) is 24.3 Å². The average Bonchev–Trinajstić information content (AvgIpc) is 3.31. The third-order valence-electron chi connectivity index (χ3n) is 13.5. The van der Waals surface area contributed by atoms with Crippen LogP contribution in [0.4, 0.5) is 0 Å². The van der Waals surface area contributed by atoms with E-state index in [1.165, 1.54) is 212 Å². The van der Waals surface area contributed by atoms with Gasteiger partial charge in [0.15, 0.2) is 0 Å². The van der Waals surface area contributed by atoms with Crippen molar-refractivity contribution in [1.82, 2.24) is 5.32 Å². The van der Waals surface area contributed by atoms with Gasteiger partial charge in [0.1, 0.15) is 0 Å². The molecule has 0 radical (unpaired) electrons. The fraction of sp³-hybridized carbons (Fsp3) is 0.898. The number of unbranched alkanes of at least 4 members (excludes halogenated alkanes) is 41. The number of ether oxygens (including phenoxy) is 1. The topological polar surface area (TPSA) is 95.9 Å². The standard InChI is InChI=1S/C59H113NO5/c1-3-5-7-9-11-13-15-17-19-21-22-24-25-27-31-35-39-43-47-51-57(62)56(55-61)60-58(63)52-48-44-40-36-32-29-30-34-38-42-46-50-54-65-59(64)53-49-45-41-37-33-28-26-23-20-18-16-14-12-10-8-6-4-2/h30,34,47,51,56-57,61-62H,3-29,31-33,35-46,48-50,52-55H2,1-2H3,(H,60,63)/b34-30-,51-47+. The maximum Gasteiger partial charge on any atom is 0.305 e. The Morgan fingerprint density at radius 1 is 0.415 bits per heavy atom. The van der Waals surface area contributed by atoms with Crippen LogP contribution in [0.5, 0.6) is 0 Å². The lowest BCUT2D eigenvalue weighted by atomic mass is 10.0. The highest BCUT2D eigenvalue weighted by Crippen LogP contribution is 2.17. The molecule has 0 heterocycles. The first-order chi connectivity index (χ1) is 32.0. The summed E-state index contributed by atoms with van der Waals surface area (Å²) in [6, 6.07) is -0.646. The molecule has 384 valence electrons. The largest absolute Gasteiger partial charge is 0.466 e. The lowest BCUT2D eigenvalue weighted by Gasteiger charge is -2.20. The van der Waals surface area contributed by atoms with E-state index in [4.69, 9.17) is 4.74 Å². The van der Waals surface area contributed by atoms with Crippen LogP contribution in [0, 0.1) is 0 Å². The van der Waals surface area contributed by atoms with Crippen LogP contribution in [0.3, 0.4) is 0 Å². The summed E-state index contributed by atoms with van der Waals surface area (Å²) in [6.45, 7) is 4.87. The molecule has 0 aromatic carbocycles. The van der Waals surface area contributed by atoms with Crippen molar-refractivity contribution in [3.8, 4) is 0 Å². The van der Waals surface area contributed by atoms with Crippen molar-refractivity contribution in [3.05, 3.63) is 24.3 Å². The van der Waals surface area contributed by atoms with Crippen molar-refractivity contribution >= 4 is 11.9 Å². The average molecular weight is 917 g/mol. The van der Waals surface area contributed by atoms with E-state index >= 15 is 0 Å². The van der Waals surface area contributed by atoms with Crippen molar-refractivity contribution in [2.24, 2.45) is 0 Å². The van der Waals surface area contributed by atoms with Gasteiger partial charge in [-0.05, 0) is 64.2 Å². The number of amides is 1. The Hall–Kier alpha value is -1.66. The van der Waals surface area contributed by atoms with Crippen LogP contribution in [0.1, 0.15) is 316 Å². The van der Waals surface area contributed by atoms with E-state index in [2.05, 4.69) is 31.3 Å². The summed E-state index contributed by atoms with van der Waals surface area (Å²) >= 11 is 0. The first kappa shape index (κ1) is 63.3. The number of hydrogen-bond donors (Lipinski definition) is 3. The molecule has 0 bridgehead atoms. The van der Waals surface area contributed by atoms with Gasteiger partial charge in [0.2, 0.25) is 5.91 Å². The van der Waals surface area contributed by atoms with E-state index < -0.39 is 12.1 Å². The summed E-state index contributed by atoms with van der Waals surface area (Å²) in [4.78, 5) is 24.5. The van der Waals surface area contributed by atoms with E-state index in [1.807, 2.05) is 6.08 Å². The van der Waals surface area contributed by atoms with Crippen LogP contribution in [-0.4, -0.2) is 47.4 Å². The number of aliphatic hydroxyl groups excluding tert-OH is 2. The van der Waals surface area contributed by atoms with E-state index in [0.717, 1.165) is 77.0 Å². The smallest absolute Gasteiger partial charge is 0.305 e. The summed E-state index contributed by atoms with van der Waals surface area (Å²) < 4.78 is 5.46. The number of rotatable bonds is 54. The molecule has 6 heteroatoms. The normalized spacial score (nSPS) is 12.7. The Kier molecular flexibility index (Phi) is 53.5. The third-order valence-corrected chi connectivity index (χ3v) is 13.5. The summed E-state index contributed by atoms with van der Waals surface area (Å²) in [5.74, 6) is -0.111. The molecule has 2 atom stereocenters. The zero-order valence-electron chi connectivity index (χ0n) is 43.7. The lowest BCUT2D eigenvalue weighted by molar-refractivity contribution is -0.143. The van der Waals surface area contributed by atoms with Crippen molar-refractivity contribution in [2.75, 3.05) is 13.2 Å². The maximum absolute atomic E-state index is 12.5. The highest BCUT2D eigenvalue weighted by Gasteiger charge is 2.18. The van der Waals surface area contributed by atoms with Crippen molar-refractivity contribution in [2.45, 2.75) is 328 Å². The van der Waals surface area contributed by atoms with E-state index in [-0.39, 0.29) is 18.5 Å². The second-order valence-corrected chi connectivity index (χ2v) is 20.0. The number of hydrogen-bond acceptors (Lipinski definition) is 5. The van der Waals surface area contributed by atoms with Crippen molar-refractivity contribution in [1.29, 1.82) is 0 Å². The van der Waals surface area contributed by atoms with Gasteiger partial charge >= 0.3 is 5.97 Å². The van der Waals surface area contributed by atoms with Crippen LogP contribution in [0.25, 0.3) is 0 Å². The van der Waals surface area contributed by atoms with Gasteiger partial charge in [-0.25, -0.2) is 0 Å². The summed E-state index contributed by atoms with van der Waals surface area (Å²) in [6.07, 6.45) is 66.3. The van der Waals surface area contributed by atoms with E-state index in [1.54, 1.807) is 6.08 Å². The molecule has 65 heavy (non-hydrogen) atoms. The van der Waals surface area contributed by atoms with Crippen LogP contribution in [-0.2, 0) is 14.3 Å². The summed E-state index contributed by atoms with van der Waals surface area (Å²) in [7, 11) is 0. The molecule has 0 rings (SSSR count). The van der Waals surface area contributed by atoms with Gasteiger partial charge < -0.3 is 20.3 Å². The Bertz CT molecular complexity index is 1010. The van der Waals surface area contributed by atoms with Crippen LogP contribution < -0.4 is 5.32 Å². The second-order valence-electron chi connectivity index (χ2n) is 20.0. The number of carbonyl (C=O) groups is 2. The Morgan fingerprint density at radius 2 is 0.723 bits per heavy atom. The number of esters is 1. The first-order valence-electron chi connectivity index (χ1n) is 29.1. The number of nitrogens with one attached hydrogen (secondary N) is 1. The molecule has 0 aromatic heterocycles. The monoisotopic (exact) mass is 916 g/mol. The molecule has 0 fully saturated rings. The molecule has 0 saturated heterocycles. The van der Waals surface area contributed by atoms with E-state index in [9.17, 15) is 19.8 Å². The fourth-order valence-electron chi connectivity index (χ4n) is 8.98. The molecule has 0 aliphatic rings. The van der Waals surface area contributed by atoms with Gasteiger partial charge in [0.05, 0.1) is 25.4 Å². The highest BCUT2D eigenvalue weighted by molar-refractivity contribution is 5.76. The molecule has 3 N–H and O–H groups in total. The quantitative estimate of drug-likeness (QED) is 0.0321. The molecule has 0 saturated carbocycles. The highest BCUT2D eigenvalue weighted by atomic mass is 16.5. The van der Waals surface area contributed by atoms with Crippen LogP contribution in [0.2, 0.25) is 0 Å². The van der Waals surface area contributed by atoms with E-state index in [0.29, 0.717) is 19.4 Å². The van der Waals surface area contributed by atoms with Gasteiger partial charge in [-0.2, -0.15) is 0 Å². The Labute approximate surface area is 405 Å². The SMILES string of the molecule is CCCCCCCCCCCCCCCCCCC/C=C/C(O)C(CO)NC(=O)CCCCCCC/C=C\CCCCCOC(=O)CCCCCCCCCCCCCCCCCCC. The minimum Gasteiger partial charge on any atom is -0.466 e. The summed E-state index contributed by atoms with van der Waals surface area (Å²) in [5, 5.41) is 23.1. The zero-order chi connectivity index (χ0) is 47.2. The molecule has 1 amide bonds. The molecule has 2 unspecified atom stereocenters. The molecular weight excluding hydrogens is 803 g/mol. The van der Waals surface area contributed by atoms with Gasteiger partial charge in [0.25, 0.3) is 0 Å². The van der Waals surface area contributed by atoms with Crippen LogP contribution >= 0.6 is 0 Å². The molecule has 0 aliphatic heterocycles. The molecule has 0 aliphatic carbocycles. The lowest BCUT2D eigenvalue weighted by Crippen LogP contribution is -2.45. The van der Waals surface area contributed by atoms with Gasteiger partial charge in [0, 0.05) is 12.8 Å². The van der Waals surface area contributed by atoms with Gasteiger partial charge in [-0.1, -0.05) is 263 Å². The number of carbonyl (C=O) groups excluding carboxylic acids is 2. The fourth-order valence-corrected chi connectivity index (χ4v) is 8.98. The second kappa shape index (κ2) is 54.9. The maximum atomic E-state index is 12.5. The molecule has 0 spiro atoms. The van der Waals surface area contributed by atoms with Crippen molar-refractivity contribution in [3.63, 3.8) is 0 Å². The summed E-state index contributed by atoms with van der Waals surface area (Å²) in [5.41, 5.74) is 0. The number of allylic oxidation sites excluding steroid dienone is 3. The minimum atomic E-state index is -0.861. The predicted molar refractivity (Wildman–Crippen MR) is 283 cm³/mol. The molecule has 0 aromatic rings. The Morgan fingerprint density at radius 3 is 1.09 bits per heavy atom. The number of aliphatic hydroxyl groups is 2. The molecule has 6 nitrogen and oxygen atoms in total. The zero-order valence-corrected chi connectivity index (χ0v) is 43.7. The molecular formula is C59H113NO5.